The molecule has 0 aliphatic carbocycles. The Morgan fingerprint density at radius 3 is 2.34 bits per heavy atom. The molecule has 2 amide bonds. The molecule has 0 atom stereocenters. The summed E-state index contributed by atoms with van der Waals surface area (Å²) in [7, 11) is 0. The lowest BCUT2D eigenvalue weighted by Crippen LogP contribution is -2.22. The third-order valence-electron chi connectivity index (χ3n) is 3.57. The molecule has 7 nitrogen and oxygen atoms in total. The molecular formula is C21H24N2O5S. The van der Waals surface area contributed by atoms with Crippen LogP contribution in [0.15, 0.2) is 48.5 Å². The molecule has 0 unspecified atom stereocenters. The molecule has 29 heavy (non-hydrogen) atoms. The van der Waals surface area contributed by atoms with E-state index in [2.05, 4.69) is 10.6 Å². The fraction of sp³-hybridized carbons (Fsp3) is 0.286. The Bertz CT molecular complexity index is 839. The number of rotatable bonds is 10. The van der Waals surface area contributed by atoms with Gasteiger partial charge in [-0.3, -0.25) is 14.4 Å². The van der Waals surface area contributed by atoms with Gasteiger partial charge in [-0.25, -0.2) is 0 Å². The third kappa shape index (κ3) is 8.69. The fourth-order valence-corrected chi connectivity index (χ4v) is 2.94. The van der Waals surface area contributed by atoms with Crippen molar-refractivity contribution in [3.8, 4) is 5.75 Å². The van der Waals surface area contributed by atoms with Crippen molar-refractivity contribution in [3.05, 3.63) is 54.1 Å². The van der Waals surface area contributed by atoms with Gasteiger partial charge in [-0.05, 0) is 55.8 Å². The van der Waals surface area contributed by atoms with Crippen molar-refractivity contribution in [2.45, 2.75) is 13.8 Å². The molecular weight excluding hydrogens is 392 g/mol. The van der Waals surface area contributed by atoms with Crippen molar-refractivity contribution < 1.29 is 23.9 Å². The number of amides is 2. The first-order valence-corrected chi connectivity index (χ1v) is 10.2. The molecule has 2 aromatic carbocycles. The van der Waals surface area contributed by atoms with E-state index < -0.39 is 11.9 Å². The molecule has 0 saturated heterocycles. The number of hydrogen-bond donors (Lipinski definition) is 2. The van der Waals surface area contributed by atoms with E-state index in [0.29, 0.717) is 23.7 Å². The normalized spacial score (nSPS) is 10.1. The maximum atomic E-state index is 11.9. The van der Waals surface area contributed by atoms with Crippen LogP contribution >= 0.6 is 11.8 Å². The van der Waals surface area contributed by atoms with Crippen LogP contribution in [0.4, 0.5) is 11.4 Å². The van der Waals surface area contributed by atoms with Crippen LogP contribution in [0.3, 0.4) is 0 Å². The molecule has 0 fully saturated rings. The first-order chi connectivity index (χ1) is 14.0. The molecule has 0 heterocycles. The maximum absolute atomic E-state index is 11.9. The number of carbonyl (C=O) groups is 3. The average molecular weight is 416 g/mol. The van der Waals surface area contributed by atoms with Gasteiger partial charge in [0.15, 0.2) is 6.61 Å². The lowest BCUT2D eigenvalue weighted by atomic mass is 10.2. The molecule has 154 valence electrons. The molecule has 0 bridgehead atoms. The summed E-state index contributed by atoms with van der Waals surface area (Å²) >= 11 is 1.12. The summed E-state index contributed by atoms with van der Waals surface area (Å²) in [5, 5.41) is 5.39. The number of aryl methyl sites for hydroxylation is 1. The summed E-state index contributed by atoms with van der Waals surface area (Å²) in [4.78, 5) is 35.5. The van der Waals surface area contributed by atoms with E-state index in [1.807, 2.05) is 32.0 Å². The lowest BCUT2D eigenvalue weighted by molar-refractivity contribution is -0.144. The summed E-state index contributed by atoms with van der Waals surface area (Å²) in [6.45, 7) is 4.00. The highest BCUT2D eigenvalue weighted by Crippen LogP contribution is 2.15. The monoisotopic (exact) mass is 416 g/mol. The molecule has 0 aromatic heterocycles. The minimum absolute atomic E-state index is 0.0163. The van der Waals surface area contributed by atoms with Gasteiger partial charge in [-0.15, -0.1) is 11.8 Å². The second-order valence-corrected chi connectivity index (χ2v) is 7.06. The number of ether oxygens (including phenoxy) is 2. The van der Waals surface area contributed by atoms with Crippen molar-refractivity contribution in [1.29, 1.82) is 0 Å². The molecule has 0 aliphatic rings. The predicted octanol–water partition coefficient (Wildman–Crippen LogP) is 3.25. The van der Waals surface area contributed by atoms with Gasteiger partial charge in [0.05, 0.1) is 18.1 Å². The highest BCUT2D eigenvalue weighted by molar-refractivity contribution is 8.00. The fourth-order valence-electron chi connectivity index (χ4n) is 2.33. The van der Waals surface area contributed by atoms with Gasteiger partial charge in [-0.2, -0.15) is 0 Å². The molecule has 2 N–H and O–H groups in total. The Hall–Kier alpha value is -3.00. The highest BCUT2D eigenvalue weighted by Gasteiger charge is 2.10. The Morgan fingerprint density at radius 1 is 0.931 bits per heavy atom. The SMILES string of the molecule is CCOc1ccc(NC(=O)COC(=O)CSCC(=O)Nc2cccc(C)c2)cc1. The molecule has 2 rings (SSSR count). The zero-order valence-electron chi connectivity index (χ0n) is 16.4. The molecule has 2 aromatic rings. The van der Waals surface area contributed by atoms with E-state index >= 15 is 0 Å². The summed E-state index contributed by atoms with van der Waals surface area (Å²) in [6.07, 6.45) is 0. The van der Waals surface area contributed by atoms with E-state index in [4.69, 9.17) is 9.47 Å². The van der Waals surface area contributed by atoms with Crippen LogP contribution in [-0.2, 0) is 19.1 Å². The van der Waals surface area contributed by atoms with Crippen LogP contribution in [0.25, 0.3) is 0 Å². The van der Waals surface area contributed by atoms with Gasteiger partial charge in [0, 0.05) is 11.4 Å². The Kier molecular flexibility index (Phi) is 9.04. The van der Waals surface area contributed by atoms with Gasteiger partial charge in [0.25, 0.3) is 5.91 Å². The van der Waals surface area contributed by atoms with E-state index in [1.165, 1.54) is 0 Å². The van der Waals surface area contributed by atoms with Crippen LogP contribution in [0, 0.1) is 6.92 Å². The number of nitrogens with one attached hydrogen (secondary N) is 2. The van der Waals surface area contributed by atoms with Crippen LogP contribution in [0.1, 0.15) is 12.5 Å². The van der Waals surface area contributed by atoms with Gasteiger partial charge in [-0.1, -0.05) is 12.1 Å². The average Bonchev–Trinajstić information content (AvgIpc) is 2.68. The van der Waals surface area contributed by atoms with Crippen molar-refractivity contribution in [2.75, 3.05) is 35.4 Å². The van der Waals surface area contributed by atoms with Crippen LogP contribution in [0.2, 0.25) is 0 Å². The Balaban J connectivity index is 1.62. The number of benzene rings is 2. The summed E-state index contributed by atoms with van der Waals surface area (Å²) < 4.78 is 10.3. The Labute approximate surface area is 174 Å². The van der Waals surface area contributed by atoms with Crippen LogP contribution in [0.5, 0.6) is 5.75 Å². The second-order valence-electron chi connectivity index (χ2n) is 6.08. The first kappa shape index (κ1) is 22.3. The standard InChI is InChI=1S/C21H24N2O5S/c1-3-27-18-9-7-16(8-10-18)22-19(24)12-28-21(26)14-29-13-20(25)23-17-6-4-5-15(2)11-17/h4-11H,3,12-14H2,1-2H3,(H,22,24)(H,23,25). The largest absolute Gasteiger partial charge is 0.494 e. The summed E-state index contributed by atoms with van der Waals surface area (Å²) in [6, 6.07) is 14.3. The summed E-state index contributed by atoms with van der Waals surface area (Å²) in [5.41, 5.74) is 2.34. The lowest BCUT2D eigenvalue weighted by Gasteiger charge is -2.08. The van der Waals surface area contributed by atoms with Gasteiger partial charge in [0.2, 0.25) is 5.91 Å². The number of esters is 1. The minimum atomic E-state index is -0.555. The van der Waals surface area contributed by atoms with E-state index in [9.17, 15) is 14.4 Å². The predicted molar refractivity (Wildman–Crippen MR) is 114 cm³/mol. The van der Waals surface area contributed by atoms with E-state index in [1.54, 1.807) is 30.3 Å². The smallest absolute Gasteiger partial charge is 0.316 e. The van der Waals surface area contributed by atoms with Crippen molar-refractivity contribution in [2.24, 2.45) is 0 Å². The van der Waals surface area contributed by atoms with Crippen molar-refractivity contribution in [1.82, 2.24) is 0 Å². The number of carbonyl (C=O) groups excluding carboxylic acids is 3. The highest BCUT2D eigenvalue weighted by atomic mass is 32.2. The second kappa shape index (κ2) is 11.8. The molecule has 0 aliphatic heterocycles. The number of anilines is 2. The zero-order chi connectivity index (χ0) is 21.1. The molecule has 8 heteroatoms. The number of thioether (sulfide) groups is 1. The van der Waals surface area contributed by atoms with Crippen molar-refractivity contribution in [3.63, 3.8) is 0 Å². The Morgan fingerprint density at radius 2 is 1.66 bits per heavy atom. The first-order valence-electron chi connectivity index (χ1n) is 9.09. The quantitative estimate of drug-likeness (QED) is 0.578. The zero-order valence-corrected chi connectivity index (χ0v) is 17.2. The van der Waals surface area contributed by atoms with Crippen molar-refractivity contribution >= 4 is 40.9 Å². The van der Waals surface area contributed by atoms with E-state index in [-0.39, 0.29) is 24.0 Å². The maximum Gasteiger partial charge on any atom is 0.316 e. The van der Waals surface area contributed by atoms with E-state index in [0.717, 1.165) is 17.3 Å². The van der Waals surface area contributed by atoms with Gasteiger partial charge < -0.3 is 20.1 Å². The minimum Gasteiger partial charge on any atom is -0.494 e. The number of hydrogen-bond acceptors (Lipinski definition) is 6. The third-order valence-corrected chi connectivity index (χ3v) is 4.47. The topological polar surface area (TPSA) is 93.7 Å². The molecule has 0 spiro atoms. The van der Waals surface area contributed by atoms with Gasteiger partial charge in [0.1, 0.15) is 5.75 Å². The van der Waals surface area contributed by atoms with Crippen LogP contribution < -0.4 is 15.4 Å². The van der Waals surface area contributed by atoms with Gasteiger partial charge >= 0.3 is 5.97 Å². The summed E-state index contributed by atoms with van der Waals surface area (Å²) in [5.74, 6) is -0.397. The molecule has 0 radical (unpaired) electrons. The molecule has 0 saturated carbocycles. The van der Waals surface area contributed by atoms with Crippen LogP contribution in [-0.4, -0.2) is 42.5 Å².